The summed E-state index contributed by atoms with van der Waals surface area (Å²) >= 11 is 3.70. The molecule has 0 radical (unpaired) electrons. The molecule has 0 saturated carbocycles. The van der Waals surface area contributed by atoms with Crippen molar-refractivity contribution in [1.29, 1.82) is 0 Å². The van der Waals surface area contributed by atoms with Gasteiger partial charge in [0.2, 0.25) is 5.91 Å². The Bertz CT molecular complexity index is 502. The van der Waals surface area contributed by atoms with Crippen LogP contribution in [0.4, 0.5) is 5.69 Å². The number of carbonyl (C=O) groups is 1. The van der Waals surface area contributed by atoms with Gasteiger partial charge in [-0.15, -0.1) is 0 Å². The van der Waals surface area contributed by atoms with Crippen LogP contribution in [-0.2, 0) is 17.6 Å². The van der Waals surface area contributed by atoms with E-state index in [0.717, 1.165) is 31.5 Å². The number of aryl methyl sites for hydroxylation is 1. The number of nitrogens with zero attached hydrogens (tertiary/aromatic N) is 1. The van der Waals surface area contributed by atoms with Crippen LogP contribution in [0.5, 0.6) is 0 Å². The van der Waals surface area contributed by atoms with Crippen molar-refractivity contribution in [3.05, 3.63) is 29.3 Å². The van der Waals surface area contributed by atoms with Crippen molar-refractivity contribution in [1.82, 2.24) is 0 Å². The summed E-state index contributed by atoms with van der Waals surface area (Å²) in [6.07, 6.45) is 3.14. The number of hydrogen-bond acceptors (Lipinski definition) is 1. The summed E-state index contributed by atoms with van der Waals surface area (Å²) in [6.45, 7) is 9.16. The van der Waals surface area contributed by atoms with E-state index in [4.69, 9.17) is 0 Å². The molecule has 1 heterocycles. The summed E-state index contributed by atoms with van der Waals surface area (Å²) in [4.78, 5) is 14.3. The van der Waals surface area contributed by atoms with E-state index in [2.05, 4.69) is 48.0 Å². The lowest BCUT2D eigenvalue weighted by molar-refractivity contribution is -0.121. The Morgan fingerprint density at radius 2 is 2.10 bits per heavy atom. The average Bonchev–Trinajstić information content (AvgIpc) is 2.34. The van der Waals surface area contributed by atoms with E-state index >= 15 is 0 Å². The number of halogens is 1. The maximum atomic E-state index is 12.3. The highest BCUT2D eigenvalue weighted by molar-refractivity contribution is 9.10. The number of alkyl halides is 1. The molecule has 0 aromatic heterocycles. The predicted octanol–water partition coefficient (Wildman–Crippen LogP) is 4.34. The van der Waals surface area contributed by atoms with Gasteiger partial charge in [-0.25, -0.2) is 0 Å². The summed E-state index contributed by atoms with van der Waals surface area (Å²) in [7, 11) is 0. The number of hydrogen-bond donors (Lipinski definition) is 0. The first-order chi connectivity index (χ1) is 9.28. The van der Waals surface area contributed by atoms with Crippen LogP contribution in [-0.4, -0.2) is 16.8 Å². The fraction of sp³-hybridized carbons (Fsp3) is 0.588. The molecule has 0 atom stereocenters. The lowest BCUT2D eigenvalue weighted by Gasteiger charge is -2.31. The van der Waals surface area contributed by atoms with Gasteiger partial charge in [0.05, 0.1) is 0 Å². The van der Waals surface area contributed by atoms with E-state index in [9.17, 15) is 4.79 Å². The monoisotopic (exact) mass is 337 g/mol. The average molecular weight is 338 g/mol. The highest BCUT2D eigenvalue weighted by Gasteiger charge is 2.25. The molecule has 1 aliphatic rings. The lowest BCUT2D eigenvalue weighted by atomic mass is 9.94. The molecule has 2 rings (SSSR count). The van der Waals surface area contributed by atoms with Crippen molar-refractivity contribution in [3.63, 3.8) is 0 Å². The Kier molecular flexibility index (Phi) is 4.58. The molecule has 1 aliphatic heterocycles. The van der Waals surface area contributed by atoms with Gasteiger partial charge >= 0.3 is 0 Å². The molecule has 0 spiro atoms. The molecule has 0 N–H and O–H groups in total. The van der Waals surface area contributed by atoms with E-state index in [1.165, 1.54) is 11.1 Å². The summed E-state index contributed by atoms with van der Waals surface area (Å²) in [5.74, 6) is 0.293. The molecule has 0 fully saturated rings. The molecule has 2 nitrogen and oxygen atoms in total. The second-order valence-electron chi connectivity index (χ2n) is 6.61. The molecule has 0 saturated heterocycles. The zero-order valence-electron chi connectivity index (χ0n) is 12.9. The normalized spacial score (nSPS) is 15.4. The van der Waals surface area contributed by atoms with Gasteiger partial charge in [0.15, 0.2) is 0 Å². The van der Waals surface area contributed by atoms with Crippen LogP contribution in [0.1, 0.15) is 45.2 Å². The number of anilines is 1. The van der Waals surface area contributed by atoms with Gasteiger partial charge in [-0.2, -0.15) is 0 Å². The zero-order valence-corrected chi connectivity index (χ0v) is 14.5. The van der Waals surface area contributed by atoms with E-state index in [-0.39, 0.29) is 16.1 Å². The molecular weight excluding hydrogens is 314 g/mol. The summed E-state index contributed by atoms with van der Waals surface area (Å²) in [6, 6.07) is 6.56. The summed E-state index contributed by atoms with van der Waals surface area (Å²) in [5.41, 5.74) is 3.77. The van der Waals surface area contributed by atoms with Crippen LogP contribution >= 0.6 is 15.9 Å². The van der Waals surface area contributed by atoms with Crippen molar-refractivity contribution in [2.45, 2.75) is 51.3 Å². The van der Waals surface area contributed by atoms with Crippen molar-refractivity contribution in [3.8, 4) is 0 Å². The standard InChI is InChI=1S/C17H24BrNO/c1-12(2)16(20)19-9-5-6-14-10-13(7-8-15(14)19)11-17(3,4)18/h7-8,10,12H,5-6,9,11H2,1-4H3. The van der Waals surface area contributed by atoms with E-state index in [0.29, 0.717) is 0 Å². The van der Waals surface area contributed by atoms with E-state index < -0.39 is 0 Å². The first-order valence-corrected chi connectivity index (χ1v) is 8.19. The van der Waals surface area contributed by atoms with E-state index in [1.54, 1.807) is 0 Å². The van der Waals surface area contributed by atoms with Gasteiger partial charge < -0.3 is 4.90 Å². The quantitative estimate of drug-likeness (QED) is 0.751. The molecule has 0 unspecified atom stereocenters. The predicted molar refractivity (Wildman–Crippen MR) is 88.7 cm³/mol. The third-order valence-electron chi connectivity index (χ3n) is 3.65. The second kappa shape index (κ2) is 5.88. The molecule has 3 heteroatoms. The van der Waals surface area contributed by atoms with Gasteiger partial charge in [0.25, 0.3) is 0 Å². The Morgan fingerprint density at radius 3 is 2.70 bits per heavy atom. The van der Waals surface area contributed by atoms with Gasteiger partial charge in [0, 0.05) is 22.5 Å². The highest BCUT2D eigenvalue weighted by Crippen LogP contribution is 2.31. The number of fused-ring (bicyclic) bond motifs is 1. The first-order valence-electron chi connectivity index (χ1n) is 7.40. The molecule has 1 aromatic carbocycles. The lowest BCUT2D eigenvalue weighted by Crippen LogP contribution is -2.38. The van der Waals surface area contributed by atoms with Crippen molar-refractivity contribution in [2.75, 3.05) is 11.4 Å². The number of carbonyl (C=O) groups excluding carboxylic acids is 1. The van der Waals surface area contributed by atoms with Gasteiger partial charge in [0.1, 0.15) is 0 Å². The maximum absolute atomic E-state index is 12.3. The number of rotatable bonds is 3. The third kappa shape index (κ3) is 3.63. The minimum absolute atomic E-state index is 0.0575. The number of benzene rings is 1. The smallest absolute Gasteiger partial charge is 0.229 e. The fourth-order valence-electron chi connectivity index (χ4n) is 2.79. The highest BCUT2D eigenvalue weighted by atomic mass is 79.9. The Balaban J connectivity index is 2.28. The molecule has 0 bridgehead atoms. The van der Waals surface area contributed by atoms with Crippen molar-refractivity contribution in [2.24, 2.45) is 5.92 Å². The van der Waals surface area contributed by atoms with Gasteiger partial charge in [-0.3, -0.25) is 4.79 Å². The number of amides is 1. The molecule has 20 heavy (non-hydrogen) atoms. The molecule has 110 valence electrons. The first kappa shape index (κ1) is 15.6. The van der Waals surface area contributed by atoms with E-state index in [1.807, 2.05) is 18.7 Å². The fourth-order valence-corrected chi connectivity index (χ4v) is 3.11. The Morgan fingerprint density at radius 1 is 1.40 bits per heavy atom. The van der Waals surface area contributed by atoms with Crippen molar-refractivity contribution < 1.29 is 4.79 Å². The van der Waals surface area contributed by atoms with Crippen LogP contribution in [0, 0.1) is 5.92 Å². The van der Waals surface area contributed by atoms with Crippen molar-refractivity contribution >= 4 is 27.5 Å². The maximum Gasteiger partial charge on any atom is 0.229 e. The molecule has 1 aromatic rings. The third-order valence-corrected chi connectivity index (χ3v) is 3.93. The van der Waals surface area contributed by atoms with Crippen LogP contribution in [0.15, 0.2) is 18.2 Å². The molecule has 1 amide bonds. The minimum Gasteiger partial charge on any atom is -0.312 e. The largest absolute Gasteiger partial charge is 0.312 e. The zero-order chi connectivity index (χ0) is 14.9. The van der Waals surface area contributed by atoms with Crippen LogP contribution in [0.25, 0.3) is 0 Å². The second-order valence-corrected chi connectivity index (χ2v) is 8.75. The summed E-state index contributed by atoms with van der Waals surface area (Å²) < 4.78 is 0.114. The van der Waals surface area contributed by atoms with Crippen LogP contribution in [0.3, 0.4) is 0 Å². The Labute approximate surface area is 130 Å². The van der Waals surface area contributed by atoms with Gasteiger partial charge in [-0.05, 0) is 50.3 Å². The molecule has 0 aliphatic carbocycles. The topological polar surface area (TPSA) is 20.3 Å². The summed E-state index contributed by atoms with van der Waals surface area (Å²) in [5, 5.41) is 0. The molecular formula is C17H24BrNO. The van der Waals surface area contributed by atoms with Gasteiger partial charge in [-0.1, -0.05) is 41.9 Å². The SMILES string of the molecule is CC(C)C(=O)N1CCCc2cc(CC(C)(C)Br)ccc21. The minimum atomic E-state index is 0.0575. The Hall–Kier alpha value is -0.830. The van der Waals surface area contributed by atoms with Crippen LogP contribution < -0.4 is 4.90 Å². The van der Waals surface area contributed by atoms with Crippen LogP contribution in [0.2, 0.25) is 0 Å².